The highest BCUT2D eigenvalue weighted by Gasteiger charge is 2.36. The average molecular weight is 610 g/mol. The van der Waals surface area contributed by atoms with E-state index in [2.05, 4.69) is 24.1 Å². The van der Waals surface area contributed by atoms with E-state index in [1.54, 1.807) is 57.2 Å². The molecule has 0 bridgehead atoms. The summed E-state index contributed by atoms with van der Waals surface area (Å²) in [4.78, 5) is 54.6. The smallest absolute Gasteiger partial charge is 0.408 e. The van der Waals surface area contributed by atoms with Crippen molar-refractivity contribution in [1.82, 2.24) is 15.5 Å². The Kier molecular flexibility index (Phi) is 14.4. The van der Waals surface area contributed by atoms with Crippen LogP contribution in [0.25, 0.3) is 6.08 Å². The number of ether oxygens (including phenoxy) is 2. The quantitative estimate of drug-likeness (QED) is 0.174. The Balaban J connectivity index is 2.59. The predicted octanol–water partition coefficient (Wildman–Crippen LogP) is 5.30. The molecule has 0 fully saturated rings. The van der Waals surface area contributed by atoms with Crippen molar-refractivity contribution in [1.29, 1.82) is 0 Å². The standard InChI is InChI=1S/C34H47N3O7/c1-7-9-10-11-12-20-37(30(31(40)35-23-29(39)43-6)26-15-13-14-24(8-2)21-26)32(41)28(36-33(42)44-34(3,4)5)22-25-16-18-27(38)19-17-25/h8,13-19,21,28,30,38H,2,7,9-12,20,22-23H2,1,3-6H3,(H,35,40)(H,36,42). The minimum Gasteiger partial charge on any atom is -0.508 e. The summed E-state index contributed by atoms with van der Waals surface area (Å²) in [6, 6.07) is 11.2. The first kappa shape index (κ1) is 35.9. The van der Waals surface area contributed by atoms with E-state index in [4.69, 9.17) is 9.47 Å². The zero-order valence-electron chi connectivity index (χ0n) is 26.6. The molecule has 2 aromatic rings. The van der Waals surface area contributed by atoms with Crippen molar-refractivity contribution in [2.75, 3.05) is 20.2 Å². The fourth-order valence-corrected chi connectivity index (χ4v) is 4.63. The molecule has 240 valence electrons. The van der Waals surface area contributed by atoms with Crippen molar-refractivity contribution < 1.29 is 33.8 Å². The molecule has 0 aliphatic carbocycles. The lowest BCUT2D eigenvalue weighted by molar-refractivity contribution is -0.144. The highest BCUT2D eigenvalue weighted by atomic mass is 16.6. The van der Waals surface area contributed by atoms with Crippen LogP contribution in [0.3, 0.4) is 0 Å². The van der Waals surface area contributed by atoms with E-state index < -0.39 is 41.6 Å². The largest absolute Gasteiger partial charge is 0.508 e. The first-order chi connectivity index (χ1) is 20.9. The molecule has 10 heteroatoms. The first-order valence-corrected chi connectivity index (χ1v) is 15.0. The molecular weight excluding hydrogens is 562 g/mol. The van der Waals surface area contributed by atoms with Crippen LogP contribution in [0.5, 0.6) is 5.75 Å². The number of unbranched alkanes of at least 4 members (excludes halogenated alkanes) is 4. The number of phenols is 1. The van der Waals surface area contributed by atoms with Gasteiger partial charge in [0, 0.05) is 13.0 Å². The van der Waals surface area contributed by atoms with E-state index in [0.717, 1.165) is 31.2 Å². The maximum absolute atomic E-state index is 14.5. The zero-order chi connectivity index (χ0) is 32.7. The topological polar surface area (TPSA) is 134 Å². The molecular formula is C34H47N3O7. The van der Waals surface area contributed by atoms with Crippen LogP contribution in [0.15, 0.2) is 55.1 Å². The van der Waals surface area contributed by atoms with E-state index >= 15 is 0 Å². The Labute approximate surface area is 260 Å². The summed E-state index contributed by atoms with van der Waals surface area (Å²) in [5.74, 6) is -1.64. The van der Waals surface area contributed by atoms with Gasteiger partial charge in [0.25, 0.3) is 0 Å². The van der Waals surface area contributed by atoms with Gasteiger partial charge in [-0.15, -0.1) is 0 Å². The normalized spacial score (nSPS) is 12.4. The summed E-state index contributed by atoms with van der Waals surface area (Å²) in [7, 11) is 1.22. The van der Waals surface area contributed by atoms with E-state index in [-0.39, 0.29) is 25.3 Å². The zero-order valence-corrected chi connectivity index (χ0v) is 26.6. The van der Waals surface area contributed by atoms with Gasteiger partial charge in [-0.25, -0.2) is 4.79 Å². The van der Waals surface area contributed by atoms with Gasteiger partial charge in [0.05, 0.1) is 7.11 Å². The summed E-state index contributed by atoms with van der Waals surface area (Å²) in [6.07, 6.45) is 5.45. The lowest BCUT2D eigenvalue weighted by atomic mass is 9.98. The molecule has 3 amide bonds. The van der Waals surface area contributed by atoms with Crippen molar-refractivity contribution in [3.05, 3.63) is 71.8 Å². The molecule has 2 unspecified atom stereocenters. The van der Waals surface area contributed by atoms with Crippen LogP contribution in [0.4, 0.5) is 4.79 Å². The number of hydrogen-bond acceptors (Lipinski definition) is 7. The van der Waals surface area contributed by atoms with E-state index in [9.17, 15) is 24.3 Å². The molecule has 0 spiro atoms. The molecule has 3 N–H and O–H groups in total. The minimum atomic E-state index is -1.12. The molecule has 0 radical (unpaired) electrons. The number of nitrogens with one attached hydrogen (secondary N) is 2. The summed E-state index contributed by atoms with van der Waals surface area (Å²) < 4.78 is 10.2. The predicted molar refractivity (Wildman–Crippen MR) is 170 cm³/mol. The number of benzene rings is 2. The fourth-order valence-electron chi connectivity index (χ4n) is 4.63. The third kappa shape index (κ3) is 12.1. The lowest BCUT2D eigenvalue weighted by Gasteiger charge is -2.35. The number of esters is 1. The van der Waals surface area contributed by atoms with E-state index in [1.807, 2.05) is 6.07 Å². The number of rotatable bonds is 16. The summed E-state index contributed by atoms with van der Waals surface area (Å²) in [5.41, 5.74) is 1.14. The SMILES string of the molecule is C=Cc1cccc(C(C(=O)NCC(=O)OC)N(CCCCCCC)C(=O)C(Cc2ccc(O)cc2)NC(=O)OC(C)(C)C)c1. The average Bonchev–Trinajstić information content (AvgIpc) is 2.98. The third-order valence-electron chi connectivity index (χ3n) is 6.81. The molecule has 0 aliphatic rings. The molecule has 2 aromatic carbocycles. The van der Waals surface area contributed by atoms with Gasteiger partial charge in [-0.05, 0) is 62.1 Å². The van der Waals surface area contributed by atoms with Crippen molar-refractivity contribution >= 4 is 30.0 Å². The van der Waals surface area contributed by atoms with Gasteiger partial charge in [-0.3, -0.25) is 14.4 Å². The summed E-state index contributed by atoms with van der Waals surface area (Å²) >= 11 is 0. The molecule has 0 saturated heterocycles. The molecule has 44 heavy (non-hydrogen) atoms. The lowest BCUT2D eigenvalue weighted by Crippen LogP contribution is -2.54. The number of amides is 3. The van der Waals surface area contributed by atoms with Gasteiger partial charge in [0.1, 0.15) is 30.0 Å². The second-order valence-electron chi connectivity index (χ2n) is 11.6. The summed E-state index contributed by atoms with van der Waals surface area (Å²) in [6.45, 7) is 11.0. The Morgan fingerprint density at radius 1 is 1.02 bits per heavy atom. The van der Waals surface area contributed by atoms with Crippen molar-refractivity contribution in [2.45, 2.75) is 83.9 Å². The number of aromatic hydroxyl groups is 1. The number of hydrogen-bond donors (Lipinski definition) is 3. The molecule has 10 nitrogen and oxygen atoms in total. The Bertz CT molecular complexity index is 1250. The van der Waals surface area contributed by atoms with Crippen LogP contribution < -0.4 is 10.6 Å². The molecule has 0 aliphatic heterocycles. The van der Waals surface area contributed by atoms with Crippen molar-refractivity contribution in [3.63, 3.8) is 0 Å². The van der Waals surface area contributed by atoms with Gasteiger partial charge in [-0.1, -0.05) is 75.6 Å². The number of alkyl carbamates (subject to hydrolysis) is 1. The van der Waals surface area contributed by atoms with Crippen molar-refractivity contribution in [2.24, 2.45) is 0 Å². The molecule has 2 rings (SSSR count). The van der Waals surface area contributed by atoms with Crippen LogP contribution >= 0.6 is 0 Å². The molecule has 0 heterocycles. The van der Waals surface area contributed by atoms with Crippen LogP contribution in [0, 0.1) is 0 Å². The maximum Gasteiger partial charge on any atom is 0.408 e. The second-order valence-corrected chi connectivity index (χ2v) is 11.6. The number of phenolic OH excluding ortho intramolecular Hbond substituents is 1. The number of nitrogens with zero attached hydrogens (tertiary/aromatic N) is 1. The monoisotopic (exact) mass is 609 g/mol. The van der Waals surface area contributed by atoms with Gasteiger partial charge in [0.2, 0.25) is 11.8 Å². The van der Waals surface area contributed by atoms with E-state index in [0.29, 0.717) is 17.5 Å². The molecule has 0 saturated carbocycles. The van der Waals surface area contributed by atoms with Crippen LogP contribution in [-0.4, -0.2) is 65.7 Å². The third-order valence-corrected chi connectivity index (χ3v) is 6.81. The molecule has 0 aromatic heterocycles. The van der Waals surface area contributed by atoms with Crippen LogP contribution in [-0.2, 0) is 30.3 Å². The summed E-state index contributed by atoms with van der Waals surface area (Å²) in [5, 5.41) is 15.1. The highest BCUT2D eigenvalue weighted by Crippen LogP contribution is 2.26. The fraction of sp³-hybridized carbons (Fsp3) is 0.471. The van der Waals surface area contributed by atoms with Crippen LogP contribution in [0.2, 0.25) is 0 Å². The Hall–Kier alpha value is -4.34. The number of methoxy groups -OCH3 is 1. The molecule has 2 atom stereocenters. The van der Waals surface area contributed by atoms with Gasteiger partial charge in [-0.2, -0.15) is 0 Å². The minimum absolute atomic E-state index is 0.0647. The number of carbonyl (C=O) groups is 4. The van der Waals surface area contributed by atoms with Gasteiger partial charge >= 0.3 is 12.1 Å². The van der Waals surface area contributed by atoms with Gasteiger partial charge < -0.3 is 30.1 Å². The van der Waals surface area contributed by atoms with Gasteiger partial charge in [0.15, 0.2) is 0 Å². The Morgan fingerprint density at radius 2 is 1.70 bits per heavy atom. The first-order valence-electron chi connectivity index (χ1n) is 15.0. The maximum atomic E-state index is 14.5. The number of carbonyl (C=O) groups excluding carboxylic acids is 4. The van der Waals surface area contributed by atoms with E-state index in [1.165, 1.54) is 24.1 Å². The Morgan fingerprint density at radius 3 is 2.32 bits per heavy atom. The van der Waals surface area contributed by atoms with Crippen LogP contribution in [0.1, 0.15) is 82.5 Å². The second kappa shape index (κ2) is 17.7. The highest BCUT2D eigenvalue weighted by molar-refractivity contribution is 5.93. The van der Waals surface area contributed by atoms with Crippen molar-refractivity contribution in [3.8, 4) is 5.75 Å².